The fourth-order valence-electron chi connectivity index (χ4n) is 4.04. The molecule has 3 N–H and O–H groups in total. The van der Waals surface area contributed by atoms with Crippen LogP contribution in [-0.2, 0) is 11.8 Å². The lowest BCUT2D eigenvalue weighted by Crippen LogP contribution is -2.29. The van der Waals surface area contributed by atoms with E-state index in [-0.39, 0.29) is 22.6 Å². The van der Waals surface area contributed by atoms with Crippen LogP contribution in [0.1, 0.15) is 55.4 Å². The van der Waals surface area contributed by atoms with E-state index in [0.29, 0.717) is 11.5 Å². The van der Waals surface area contributed by atoms with Gasteiger partial charge in [-0.05, 0) is 67.1 Å². The highest BCUT2D eigenvalue weighted by molar-refractivity contribution is 6.04. The lowest BCUT2D eigenvalue weighted by molar-refractivity contribution is 0.102. The lowest BCUT2D eigenvalue weighted by atomic mass is 9.87. The van der Waals surface area contributed by atoms with Crippen molar-refractivity contribution in [3.05, 3.63) is 76.1 Å². The predicted molar refractivity (Wildman–Crippen MR) is 130 cm³/mol. The molecule has 0 bridgehead atoms. The molecule has 0 radical (unpaired) electrons. The van der Waals surface area contributed by atoms with Gasteiger partial charge in [0.05, 0.1) is 5.69 Å². The van der Waals surface area contributed by atoms with Gasteiger partial charge in [0.15, 0.2) is 0 Å². The standard InChI is InChI=1S/C26H31N5O2/c1-26(2,3)20-6-4-18(5-7-20)24(32)31-22-15-19(16-29-25(22)33)21-10-13-28-23(30-21)14-17-8-11-27-12-9-17/h4-7,10,13,15-17,27H,8-9,11-12,14H2,1-3H3,(H,29,33)(H,31,32). The molecule has 0 unspecified atom stereocenters. The maximum Gasteiger partial charge on any atom is 0.271 e. The third-order valence-electron chi connectivity index (χ3n) is 6.10. The number of nitrogens with one attached hydrogen (secondary N) is 3. The number of H-pyrrole nitrogens is 1. The second-order valence-corrected chi connectivity index (χ2v) is 9.67. The van der Waals surface area contributed by atoms with E-state index in [0.717, 1.165) is 55.0 Å². The first-order chi connectivity index (χ1) is 15.8. The molecule has 0 aliphatic carbocycles. The zero-order valence-electron chi connectivity index (χ0n) is 19.4. The Morgan fingerprint density at radius 2 is 1.85 bits per heavy atom. The Hall–Kier alpha value is -3.32. The molecule has 33 heavy (non-hydrogen) atoms. The Morgan fingerprint density at radius 1 is 1.12 bits per heavy atom. The first-order valence-electron chi connectivity index (χ1n) is 11.5. The average Bonchev–Trinajstić information content (AvgIpc) is 2.81. The summed E-state index contributed by atoms with van der Waals surface area (Å²) >= 11 is 0. The number of piperidine rings is 1. The number of rotatable bonds is 5. The van der Waals surface area contributed by atoms with E-state index in [2.05, 4.69) is 41.4 Å². The van der Waals surface area contributed by atoms with Crippen LogP contribution in [0.15, 0.2) is 53.6 Å². The summed E-state index contributed by atoms with van der Waals surface area (Å²) in [6.45, 7) is 8.44. The molecule has 3 aromatic rings. The van der Waals surface area contributed by atoms with Crippen molar-refractivity contribution in [2.24, 2.45) is 5.92 Å². The molecular weight excluding hydrogens is 414 g/mol. The Morgan fingerprint density at radius 3 is 2.55 bits per heavy atom. The van der Waals surface area contributed by atoms with Crippen LogP contribution in [0.3, 0.4) is 0 Å². The van der Waals surface area contributed by atoms with E-state index >= 15 is 0 Å². The summed E-state index contributed by atoms with van der Waals surface area (Å²) in [6, 6.07) is 10.9. The first kappa shape index (κ1) is 22.9. The molecule has 1 fully saturated rings. The van der Waals surface area contributed by atoms with Gasteiger partial charge in [0.25, 0.3) is 11.5 Å². The molecule has 4 rings (SSSR count). The van der Waals surface area contributed by atoms with Crippen molar-refractivity contribution in [1.29, 1.82) is 0 Å². The van der Waals surface area contributed by atoms with Gasteiger partial charge in [-0.15, -0.1) is 0 Å². The van der Waals surface area contributed by atoms with Crippen molar-refractivity contribution < 1.29 is 4.79 Å². The summed E-state index contributed by atoms with van der Waals surface area (Å²) in [5.41, 5.74) is 2.92. The minimum absolute atomic E-state index is 0.00472. The van der Waals surface area contributed by atoms with Crippen molar-refractivity contribution in [1.82, 2.24) is 20.3 Å². The van der Waals surface area contributed by atoms with Crippen molar-refractivity contribution >= 4 is 11.6 Å². The average molecular weight is 446 g/mol. The Kier molecular flexibility index (Phi) is 6.70. The molecule has 0 saturated carbocycles. The summed E-state index contributed by atoms with van der Waals surface area (Å²) in [4.78, 5) is 37.0. The van der Waals surface area contributed by atoms with Crippen LogP contribution >= 0.6 is 0 Å². The third-order valence-corrected chi connectivity index (χ3v) is 6.10. The Balaban J connectivity index is 1.51. The summed E-state index contributed by atoms with van der Waals surface area (Å²) in [5.74, 6) is 1.05. The van der Waals surface area contributed by atoms with Gasteiger partial charge >= 0.3 is 0 Å². The minimum atomic E-state index is -0.359. The van der Waals surface area contributed by atoms with E-state index in [1.807, 2.05) is 18.2 Å². The zero-order valence-corrected chi connectivity index (χ0v) is 19.4. The number of amides is 1. The number of carbonyl (C=O) groups excluding carboxylic acids is 1. The Bertz CT molecular complexity index is 1170. The number of hydrogen-bond acceptors (Lipinski definition) is 5. The van der Waals surface area contributed by atoms with Crippen LogP contribution < -0.4 is 16.2 Å². The fraction of sp³-hybridized carbons (Fsp3) is 0.385. The van der Waals surface area contributed by atoms with E-state index in [9.17, 15) is 9.59 Å². The van der Waals surface area contributed by atoms with Crippen LogP contribution in [0.5, 0.6) is 0 Å². The molecule has 172 valence electrons. The van der Waals surface area contributed by atoms with Crippen molar-refractivity contribution in [3.63, 3.8) is 0 Å². The molecule has 3 heterocycles. The third kappa shape index (κ3) is 5.73. The predicted octanol–water partition coefficient (Wildman–Crippen LogP) is 3.92. The number of nitrogens with zero attached hydrogens (tertiary/aromatic N) is 2. The number of anilines is 1. The number of benzene rings is 1. The van der Waals surface area contributed by atoms with Gasteiger partial charge < -0.3 is 15.6 Å². The number of pyridine rings is 1. The number of aromatic amines is 1. The van der Waals surface area contributed by atoms with E-state index in [1.165, 1.54) is 0 Å². The van der Waals surface area contributed by atoms with Gasteiger partial charge in [0.1, 0.15) is 11.5 Å². The van der Waals surface area contributed by atoms with Crippen molar-refractivity contribution in [3.8, 4) is 11.3 Å². The summed E-state index contributed by atoms with van der Waals surface area (Å²) < 4.78 is 0. The summed E-state index contributed by atoms with van der Waals surface area (Å²) in [7, 11) is 0. The van der Waals surface area contributed by atoms with Crippen LogP contribution in [0.2, 0.25) is 0 Å². The highest BCUT2D eigenvalue weighted by Gasteiger charge is 2.17. The van der Waals surface area contributed by atoms with Gasteiger partial charge in [-0.25, -0.2) is 9.97 Å². The molecule has 2 aromatic heterocycles. The van der Waals surface area contributed by atoms with Gasteiger partial charge in [0.2, 0.25) is 0 Å². The quantitative estimate of drug-likeness (QED) is 0.553. The second kappa shape index (κ2) is 9.67. The minimum Gasteiger partial charge on any atom is -0.327 e. The van der Waals surface area contributed by atoms with Gasteiger partial charge in [-0.3, -0.25) is 9.59 Å². The molecule has 1 aliphatic rings. The molecule has 1 saturated heterocycles. The summed E-state index contributed by atoms with van der Waals surface area (Å²) in [5, 5.41) is 6.12. The molecule has 7 nitrogen and oxygen atoms in total. The molecule has 7 heteroatoms. The van der Waals surface area contributed by atoms with E-state index in [1.54, 1.807) is 30.6 Å². The normalized spacial score (nSPS) is 14.8. The Labute approximate surface area is 194 Å². The first-order valence-corrected chi connectivity index (χ1v) is 11.5. The van der Waals surface area contributed by atoms with Gasteiger partial charge in [-0.1, -0.05) is 32.9 Å². The monoisotopic (exact) mass is 445 g/mol. The summed E-state index contributed by atoms with van der Waals surface area (Å²) in [6.07, 6.45) is 6.46. The second-order valence-electron chi connectivity index (χ2n) is 9.67. The number of carbonyl (C=O) groups is 1. The molecule has 1 aliphatic heterocycles. The highest BCUT2D eigenvalue weighted by atomic mass is 16.2. The van der Waals surface area contributed by atoms with Crippen molar-refractivity contribution in [2.75, 3.05) is 18.4 Å². The van der Waals surface area contributed by atoms with Gasteiger partial charge in [-0.2, -0.15) is 0 Å². The van der Waals surface area contributed by atoms with E-state index in [4.69, 9.17) is 4.98 Å². The van der Waals surface area contributed by atoms with Crippen LogP contribution in [-0.4, -0.2) is 33.9 Å². The topological polar surface area (TPSA) is 99.8 Å². The van der Waals surface area contributed by atoms with Crippen molar-refractivity contribution in [2.45, 2.75) is 45.4 Å². The smallest absolute Gasteiger partial charge is 0.271 e. The molecular formula is C26H31N5O2. The maximum absolute atomic E-state index is 12.8. The zero-order chi connectivity index (χ0) is 23.4. The van der Waals surface area contributed by atoms with Crippen LogP contribution in [0.25, 0.3) is 11.3 Å². The SMILES string of the molecule is CC(C)(C)c1ccc(C(=O)Nc2cc(-c3ccnc(CC4CCNCC4)n3)c[nH]c2=O)cc1. The van der Waals surface area contributed by atoms with Crippen LogP contribution in [0.4, 0.5) is 5.69 Å². The highest BCUT2D eigenvalue weighted by Crippen LogP contribution is 2.23. The van der Waals surface area contributed by atoms with Gasteiger partial charge in [0, 0.05) is 29.9 Å². The molecule has 1 amide bonds. The molecule has 0 atom stereocenters. The lowest BCUT2D eigenvalue weighted by Gasteiger charge is -2.21. The number of hydrogen-bond donors (Lipinski definition) is 3. The largest absolute Gasteiger partial charge is 0.327 e. The van der Waals surface area contributed by atoms with E-state index < -0.39 is 0 Å². The fourth-order valence-corrected chi connectivity index (χ4v) is 4.04. The molecule has 1 aromatic carbocycles. The maximum atomic E-state index is 12.8. The molecule has 0 spiro atoms. The van der Waals surface area contributed by atoms with Crippen LogP contribution in [0, 0.1) is 5.92 Å². The number of aromatic nitrogens is 3.